The molecule has 21 heavy (non-hydrogen) atoms. The number of fused-ring (bicyclic) bond motifs is 1. The summed E-state index contributed by atoms with van der Waals surface area (Å²) in [5, 5.41) is 15.1. The number of nitro groups is 1. The highest BCUT2D eigenvalue weighted by atomic mass is 16.6. The second kappa shape index (κ2) is 6.52. The van der Waals surface area contributed by atoms with Crippen LogP contribution in [0.15, 0.2) is 30.5 Å². The van der Waals surface area contributed by atoms with Gasteiger partial charge in [-0.3, -0.25) is 15.1 Å². The maximum absolute atomic E-state index is 11.1. The molecule has 112 valence electrons. The fourth-order valence-corrected chi connectivity index (χ4v) is 2.35. The van der Waals surface area contributed by atoms with Crippen molar-refractivity contribution in [1.29, 1.82) is 0 Å². The predicted octanol–water partition coefficient (Wildman–Crippen LogP) is 4.38. The molecule has 0 spiro atoms. The van der Waals surface area contributed by atoms with Crippen molar-refractivity contribution in [3.63, 3.8) is 0 Å². The number of pyridine rings is 1. The number of hydrogen-bond acceptors (Lipinski definition) is 4. The Morgan fingerprint density at radius 1 is 1.24 bits per heavy atom. The van der Waals surface area contributed by atoms with E-state index in [2.05, 4.69) is 31.1 Å². The van der Waals surface area contributed by atoms with Crippen LogP contribution in [-0.4, -0.2) is 15.9 Å². The molecule has 1 aromatic heterocycles. The maximum atomic E-state index is 11.1. The number of benzene rings is 1. The largest absolute Gasteiger partial charge is 0.381 e. The van der Waals surface area contributed by atoms with E-state index in [1.165, 1.54) is 0 Å². The van der Waals surface area contributed by atoms with Crippen molar-refractivity contribution in [2.45, 2.75) is 39.7 Å². The van der Waals surface area contributed by atoms with Gasteiger partial charge in [0.25, 0.3) is 5.69 Å². The van der Waals surface area contributed by atoms with Gasteiger partial charge in [0.15, 0.2) is 0 Å². The topological polar surface area (TPSA) is 68.1 Å². The summed E-state index contributed by atoms with van der Waals surface area (Å²) in [5.41, 5.74) is 1.61. The standard InChI is InChI=1S/C16H21N3O2/c1-11(2)6-7-12(3)18-14-8-9-15(19(20)21)13-5-4-10-17-16(13)14/h4-5,8-12,18H,6-7H2,1-3H3. The summed E-state index contributed by atoms with van der Waals surface area (Å²) < 4.78 is 0. The average molecular weight is 287 g/mol. The van der Waals surface area contributed by atoms with Crippen LogP contribution in [0.1, 0.15) is 33.6 Å². The zero-order chi connectivity index (χ0) is 15.4. The number of nitrogens with zero attached hydrogens (tertiary/aromatic N) is 2. The first-order chi connectivity index (χ1) is 9.99. The van der Waals surface area contributed by atoms with E-state index in [0.29, 0.717) is 22.9 Å². The van der Waals surface area contributed by atoms with E-state index in [4.69, 9.17) is 0 Å². The molecule has 5 heteroatoms. The number of non-ortho nitro benzene ring substituents is 1. The Kier molecular flexibility index (Phi) is 4.73. The molecule has 0 aliphatic heterocycles. The molecule has 1 N–H and O–H groups in total. The Morgan fingerprint density at radius 3 is 2.67 bits per heavy atom. The Hall–Kier alpha value is -2.17. The summed E-state index contributed by atoms with van der Waals surface area (Å²) >= 11 is 0. The van der Waals surface area contributed by atoms with Crippen molar-refractivity contribution in [2.24, 2.45) is 5.92 Å². The molecule has 0 saturated heterocycles. The number of rotatable bonds is 6. The zero-order valence-corrected chi connectivity index (χ0v) is 12.7. The Morgan fingerprint density at radius 2 is 2.00 bits per heavy atom. The molecule has 1 atom stereocenters. The van der Waals surface area contributed by atoms with Gasteiger partial charge in [0.05, 0.1) is 16.0 Å². The SMILES string of the molecule is CC(C)CCC(C)Nc1ccc([N+](=O)[O-])c2cccnc12. The fourth-order valence-electron chi connectivity index (χ4n) is 2.35. The van der Waals surface area contributed by atoms with Gasteiger partial charge in [-0.25, -0.2) is 0 Å². The summed E-state index contributed by atoms with van der Waals surface area (Å²) in [5.74, 6) is 0.668. The number of nitro benzene ring substituents is 1. The molecule has 5 nitrogen and oxygen atoms in total. The van der Waals surface area contributed by atoms with Crippen molar-refractivity contribution in [3.05, 3.63) is 40.6 Å². The van der Waals surface area contributed by atoms with Gasteiger partial charge in [-0.1, -0.05) is 13.8 Å². The molecular weight excluding hydrogens is 266 g/mol. The fraction of sp³-hybridized carbons (Fsp3) is 0.438. The lowest BCUT2D eigenvalue weighted by atomic mass is 10.0. The van der Waals surface area contributed by atoms with Gasteiger partial charge >= 0.3 is 0 Å². The van der Waals surface area contributed by atoms with Crippen molar-refractivity contribution < 1.29 is 4.92 Å². The minimum absolute atomic E-state index is 0.0958. The molecule has 0 amide bonds. The summed E-state index contributed by atoms with van der Waals surface area (Å²) in [6.07, 6.45) is 3.87. The molecule has 1 unspecified atom stereocenters. The van der Waals surface area contributed by atoms with Crippen LogP contribution in [0.25, 0.3) is 10.9 Å². The van der Waals surface area contributed by atoms with Gasteiger partial charge < -0.3 is 5.32 Å². The van der Waals surface area contributed by atoms with E-state index in [-0.39, 0.29) is 10.6 Å². The van der Waals surface area contributed by atoms with Gasteiger partial charge in [-0.05, 0) is 43.9 Å². The molecule has 0 radical (unpaired) electrons. The zero-order valence-electron chi connectivity index (χ0n) is 12.7. The first-order valence-corrected chi connectivity index (χ1v) is 7.27. The Balaban J connectivity index is 2.29. The van der Waals surface area contributed by atoms with Gasteiger partial charge in [0, 0.05) is 18.3 Å². The van der Waals surface area contributed by atoms with E-state index in [0.717, 1.165) is 18.5 Å². The molecule has 0 saturated carbocycles. The number of hydrogen-bond donors (Lipinski definition) is 1. The molecule has 1 heterocycles. The van der Waals surface area contributed by atoms with Crippen LogP contribution in [-0.2, 0) is 0 Å². The van der Waals surface area contributed by atoms with E-state index in [9.17, 15) is 10.1 Å². The lowest BCUT2D eigenvalue weighted by molar-refractivity contribution is -0.383. The highest BCUT2D eigenvalue weighted by Crippen LogP contribution is 2.30. The Bertz CT molecular complexity index is 640. The minimum Gasteiger partial charge on any atom is -0.381 e. The van der Waals surface area contributed by atoms with Crippen molar-refractivity contribution >= 4 is 22.3 Å². The number of anilines is 1. The monoisotopic (exact) mass is 287 g/mol. The summed E-state index contributed by atoms with van der Waals surface area (Å²) in [6, 6.07) is 7.06. The minimum atomic E-state index is -0.365. The Labute approximate surface area is 124 Å². The first-order valence-electron chi connectivity index (χ1n) is 7.27. The summed E-state index contributed by atoms with van der Waals surface area (Å²) in [4.78, 5) is 15.0. The van der Waals surface area contributed by atoms with Gasteiger partial charge in [-0.15, -0.1) is 0 Å². The van der Waals surface area contributed by atoms with E-state index < -0.39 is 0 Å². The quantitative estimate of drug-likeness (QED) is 0.632. The second-order valence-electron chi connectivity index (χ2n) is 5.81. The summed E-state index contributed by atoms with van der Waals surface area (Å²) in [7, 11) is 0. The third-order valence-corrected chi connectivity index (χ3v) is 3.52. The lowest BCUT2D eigenvalue weighted by Crippen LogP contribution is -2.16. The van der Waals surface area contributed by atoms with Gasteiger partial charge in [0.1, 0.15) is 5.52 Å². The van der Waals surface area contributed by atoms with Crippen LogP contribution < -0.4 is 5.32 Å². The average Bonchev–Trinajstić information content (AvgIpc) is 2.45. The van der Waals surface area contributed by atoms with Crippen LogP contribution in [0.3, 0.4) is 0 Å². The molecule has 0 aliphatic carbocycles. The highest BCUT2D eigenvalue weighted by Gasteiger charge is 2.15. The van der Waals surface area contributed by atoms with E-state index in [1.54, 1.807) is 30.5 Å². The van der Waals surface area contributed by atoms with Crippen molar-refractivity contribution in [1.82, 2.24) is 4.98 Å². The van der Waals surface area contributed by atoms with Gasteiger partial charge in [0.2, 0.25) is 0 Å². The number of aromatic nitrogens is 1. The van der Waals surface area contributed by atoms with Crippen LogP contribution in [0.2, 0.25) is 0 Å². The molecular formula is C16H21N3O2. The normalized spacial score (nSPS) is 12.6. The molecule has 2 aromatic rings. The van der Waals surface area contributed by atoms with Crippen LogP contribution in [0.4, 0.5) is 11.4 Å². The van der Waals surface area contributed by atoms with Crippen LogP contribution in [0, 0.1) is 16.0 Å². The third kappa shape index (κ3) is 3.68. The first kappa shape index (κ1) is 15.2. The lowest BCUT2D eigenvalue weighted by Gasteiger charge is -2.17. The van der Waals surface area contributed by atoms with Crippen LogP contribution in [0.5, 0.6) is 0 Å². The molecule has 0 fully saturated rings. The molecule has 0 bridgehead atoms. The second-order valence-corrected chi connectivity index (χ2v) is 5.81. The smallest absolute Gasteiger partial charge is 0.278 e. The van der Waals surface area contributed by atoms with Gasteiger partial charge in [-0.2, -0.15) is 0 Å². The molecule has 1 aromatic carbocycles. The third-order valence-electron chi connectivity index (χ3n) is 3.52. The van der Waals surface area contributed by atoms with Crippen molar-refractivity contribution in [2.75, 3.05) is 5.32 Å². The number of nitrogens with one attached hydrogen (secondary N) is 1. The highest BCUT2D eigenvalue weighted by molar-refractivity contribution is 5.96. The van der Waals surface area contributed by atoms with E-state index in [1.807, 2.05) is 0 Å². The maximum Gasteiger partial charge on any atom is 0.278 e. The predicted molar refractivity (Wildman–Crippen MR) is 85.6 cm³/mol. The molecule has 2 rings (SSSR count). The van der Waals surface area contributed by atoms with Crippen LogP contribution >= 0.6 is 0 Å². The van der Waals surface area contributed by atoms with E-state index >= 15 is 0 Å². The molecule has 0 aliphatic rings. The van der Waals surface area contributed by atoms with Crippen molar-refractivity contribution in [3.8, 4) is 0 Å². The summed E-state index contributed by atoms with van der Waals surface area (Å²) in [6.45, 7) is 6.53.